The molecule has 10 rings (SSSR count). The maximum atomic E-state index is 14.5. The second-order valence-corrected chi connectivity index (χ2v) is 46.8. The smallest absolute Gasteiger partial charge is 0.396 e. The van der Waals surface area contributed by atoms with Crippen LogP contribution in [0.1, 0.15) is 268 Å². The SMILES string of the molecule is CC(C)(C)C(=O)Cl.CC[C@H](C)[C@@H]([C@@H](CC(=O)N1CCC[C@H]1[C@H](OC)[C@@H](C)C(=O)C[C@@H](Cc1ccccc1)P(=O)(O)OCCCCCCN1C(=O)C=CC1=O)OC)N(C)C(=O)[C@@H](CC(=O)[C@@H]1[C@H]2CC[C@H](C2)N1C)C(C)C.CC[C@H](C)[C@@H]([C@@H](CC(=O)N1CCC[C@H]1[C@H](OC)[C@@H](C)C(=O)C[C@@H](Cc1ccccc1)[P+](=O)O)OC)N(C)C(=O)[C@@H](CC(=O)[C@@H]1[C@H]2CC[C@H](C2)N1C)C(C)C.O=C1C=CC(=O)N1CCCCCCO. The second kappa shape index (κ2) is 59.1. The predicted molar refractivity (Wildman–Crippen MR) is 552 cm³/mol. The van der Waals surface area contributed by atoms with Gasteiger partial charge in [-0.2, -0.15) is 4.89 Å². The molecule has 31 nitrogen and oxygen atoms in total. The number of methoxy groups -OCH3 is 4. The molecule has 143 heavy (non-hydrogen) atoms. The lowest BCUT2D eigenvalue weighted by Crippen LogP contribution is -2.54. The van der Waals surface area contributed by atoms with Crippen LogP contribution in [0.4, 0.5) is 0 Å². The number of unbranched alkanes of at least 4 members (excludes halogenated alkanes) is 6. The number of imide groups is 2. The maximum absolute atomic E-state index is 14.5. The van der Waals surface area contributed by atoms with E-state index in [2.05, 4.69) is 37.5 Å². The number of aliphatic hydroxyl groups is 1. The van der Waals surface area contributed by atoms with Crippen molar-refractivity contribution < 1.29 is 110 Å². The third-order valence-corrected chi connectivity index (χ3v) is 35.2. The molecular weight excluding hydrogens is 1890 g/mol. The number of nitrogens with zero attached hydrogens (tertiary/aromatic N) is 8. The van der Waals surface area contributed by atoms with E-state index in [1.165, 1.54) is 41.2 Å². The number of fused-ring (bicyclic) bond motifs is 4. The summed E-state index contributed by atoms with van der Waals surface area (Å²) in [5.74, 6) is -3.44. The van der Waals surface area contributed by atoms with Gasteiger partial charge in [0.05, 0.1) is 92.2 Å². The van der Waals surface area contributed by atoms with Crippen molar-refractivity contribution >= 4 is 103 Å². The van der Waals surface area contributed by atoms with E-state index < -0.39 is 93.2 Å². The van der Waals surface area contributed by atoms with Gasteiger partial charge in [-0.05, 0) is 173 Å². The number of ketones is 4. The van der Waals surface area contributed by atoms with Crippen molar-refractivity contribution in [2.24, 2.45) is 64.6 Å². The van der Waals surface area contributed by atoms with Crippen LogP contribution in [0.2, 0.25) is 0 Å². The summed E-state index contributed by atoms with van der Waals surface area (Å²) in [6, 6.07) is 17.6. The Labute approximate surface area is 857 Å². The predicted octanol–water partition coefficient (Wildman–Crippen LogP) is 15.1. The fourth-order valence-corrected chi connectivity index (χ4v) is 24.9. The van der Waals surface area contributed by atoms with Gasteiger partial charge in [-0.3, -0.25) is 86.5 Å². The number of likely N-dealkylation sites (N-methyl/N-ethyl adjacent to an activating group) is 4. The Morgan fingerprint density at radius 3 is 1.22 bits per heavy atom. The second-order valence-electron chi connectivity index (χ2n) is 43.0. The number of aliphatic hydroxyl groups excluding tert-OH is 1. The van der Waals surface area contributed by atoms with E-state index >= 15 is 0 Å². The first-order chi connectivity index (χ1) is 67.7. The number of hydrogen-bond acceptors (Lipinski definition) is 23. The standard InChI is InChI=1S/C52H81N4O11P.C42H66N3O8P.C10H15NO3.C5H9ClO/c1-10-35(4)49(54(7)52(62)41(34(2)3)32-44(58)50-38-22-23-39(30-38)53(50)6)45(65-8)33-48(61)55-27-18-21-42(55)51(66-9)36(5)43(57)31-40(29-37-19-14-13-15-20-37)68(63,64)67-28-17-12-11-16-26-56-46(59)24-25-47(56)60;1-10-27(4)39(44(7)42(49)33(26(2)3)24-36(47)40-30-18-19-31(22-30)43(40)6)37(52-8)25-38(48)45-20-14-17-34(45)41(53-9)28(5)35(46)23-32(54(50)51)21-29-15-12-11-13-16-29;12-8-4-2-1-3-7-11-9(13)5-6-10(11)14;1-5(2,3)4(6)7/h13-15,19-20,24-25,34-36,38-42,45,49-51H,10-12,16-18,21-23,26-33H2,1-9H3,(H,63,64);11-13,15-16,26-28,30-34,37,39-41H,10,14,17-25H2,1-9H3;5-6,12H,1-4,7-8H2;1-3H3/p+1/t35-,36-,38-,39+,40+,41-,42-,45+,49-,50-,51+;27-,28-,30-,31+,32+,33-,34-,37+,39-,40-,41+;;/m00../s1. The third kappa shape index (κ3) is 34.3. The van der Waals surface area contributed by atoms with Gasteiger partial charge in [0.1, 0.15) is 11.6 Å². The molecule has 24 atom stereocenters. The normalized spacial score (nSPS) is 23.4. The summed E-state index contributed by atoms with van der Waals surface area (Å²) in [5.41, 5.74) is -0.431. The molecule has 8 amide bonds. The molecule has 8 aliphatic rings. The van der Waals surface area contributed by atoms with Crippen molar-refractivity contribution in [3.05, 3.63) is 96.1 Å². The molecule has 4 saturated heterocycles. The topological polar surface area (TPSA) is 389 Å². The first-order valence-electron chi connectivity index (χ1n) is 52.5. The van der Waals surface area contributed by atoms with E-state index in [1.807, 2.05) is 102 Å². The molecule has 0 aromatic heterocycles. The van der Waals surface area contributed by atoms with E-state index in [1.54, 1.807) is 89.6 Å². The molecule has 2 unspecified atom stereocenters. The minimum atomic E-state index is -4.32. The molecule has 34 heteroatoms. The van der Waals surface area contributed by atoms with Crippen LogP contribution in [0.15, 0.2) is 85.0 Å². The lowest BCUT2D eigenvalue weighted by atomic mass is 9.83. The average molecular weight is 2060 g/mol. The number of ether oxygens (including phenoxy) is 4. The van der Waals surface area contributed by atoms with Gasteiger partial charge in [0, 0.05) is 166 Å². The van der Waals surface area contributed by atoms with Gasteiger partial charge in [0.15, 0.2) is 17.2 Å². The van der Waals surface area contributed by atoms with Crippen LogP contribution in [0.25, 0.3) is 0 Å². The molecule has 2 saturated carbocycles. The van der Waals surface area contributed by atoms with Crippen LogP contribution in [0.5, 0.6) is 0 Å². The number of halogens is 1. The van der Waals surface area contributed by atoms with Crippen molar-refractivity contribution in [1.29, 1.82) is 0 Å². The maximum Gasteiger partial charge on any atom is 0.509 e. The number of carbonyl (C=O) groups excluding carboxylic acids is 13. The Morgan fingerprint density at radius 2 is 0.888 bits per heavy atom. The first kappa shape index (κ1) is 123. The highest BCUT2D eigenvalue weighted by atomic mass is 35.5. The first-order valence-corrected chi connectivity index (χ1v) is 55.9. The average Bonchev–Trinajstić information content (AvgIpc) is 1.63. The Balaban J connectivity index is 0.000000327. The monoisotopic (exact) mass is 2060 g/mol. The quantitative estimate of drug-likeness (QED) is 0.0240. The molecule has 6 fully saturated rings. The number of hydrogen-bond donors (Lipinski definition) is 3. The number of piperidine rings is 2. The summed E-state index contributed by atoms with van der Waals surface area (Å²) in [6.07, 6.45) is 19.8. The third-order valence-electron chi connectivity index (χ3n) is 31.8. The van der Waals surface area contributed by atoms with Crippen molar-refractivity contribution in [2.45, 2.75) is 354 Å². The highest BCUT2D eigenvalue weighted by Crippen LogP contribution is 2.52. The zero-order valence-electron chi connectivity index (χ0n) is 89.3. The summed E-state index contributed by atoms with van der Waals surface area (Å²) < 4.78 is 56.1. The van der Waals surface area contributed by atoms with E-state index in [0.29, 0.717) is 101 Å². The summed E-state index contributed by atoms with van der Waals surface area (Å²) in [7, 11) is 6.97. The van der Waals surface area contributed by atoms with E-state index in [4.69, 9.17) is 40.2 Å². The van der Waals surface area contributed by atoms with Gasteiger partial charge in [0.2, 0.25) is 28.9 Å². The fourth-order valence-electron chi connectivity index (χ4n) is 22.7. The molecule has 2 aromatic carbocycles. The van der Waals surface area contributed by atoms with Gasteiger partial charge < -0.3 is 53.1 Å². The van der Waals surface area contributed by atoms with Gasteiger partial charge in [-0.1, -0.05) is 189 Å². The Hall–Kier alpha value is -7.35. The molecule has 3 N–H and O–H groups in total. The fraction of sp³-hybridized carbons (Fsp3) is 0.734. The Morgan fingerprint density at radius 1 is 0.517 bits per heavy atom. The van der Waals surface area contributed by atoms with Gasteiger partial charge in [0.25, 0.3) is 23.6 Å². The largest absolute Gasteiger partial charge is 0.509 e. The van der Waals surface area contributed by atoms with Gasteiger partial charge in [-0.25, -0.2) is 0 Å². The Kier molecular flexibility index (Phi) is 50.7. The number of carbonyl (C=O) groups is 13. The molecule has 802 valence electrons. The van der Waals surface area contributed by atoms with Crippen LogP contribution in [0.3, 0.4) is 0 Å². The van der Waals surface area contributed by atoms with Crippen molar-refractivity contribution in [2.75, 3.05) is 96.0 Å². The number of amides is 8. The summed E-state index contributed by atoms with van der Waals surface area (Å²) in [5, 5.41) is 8.25. The molecule has 0 spiro atoms. The van der Waals surface area contributed by atoms with Crippen molar-refractivity contribution in [3.8, 4) is 0 Å². The molecule has 2 aliphatic carbocycles. The van der Waals surface area contributed by atoms with E-state index in [0.717, 1.165) is 94.6 Å². The van der Waals surface area contributed by atoms with Crippen LogP contribution >= 0.6 is 27.2 Å². The van der Waals surface area contributed by atoms with Gasteiger partial charge >= 0.3 is 15.6 Å². The summed E-state index contributed by atoms with van der Waals surface area (Å²) in [6.45, 7) is 27.1. The molecule has 6 aliphatic heterocycles. The van der Waals surface area contributed by atoms with Gasteiger partial charge in [-0.15, -0.1) is 0 Å². The number of Topliss-reactive ketones (excluding diaryl/α,β-unsaturated/α-hetero) is 4. The molecule has 6 heterocycles. The van der Waals surface area contributed by atoms with Crippen LogP contribution < -0.4 is 0 Å². The van der Waals surface area contributed by atoms with E-state index in [-0.39, 0.29) is 181 Å². The number of benzene rings is 2. The lowest BCUT2D eigenvalue weighted by molar-refractivity contribution is -0.149. The molecule has 2 aromatic rings. The zero-order valence-corrected chi connectivity index (χ0v) is 91.9. The zero-order chi connectivity index (χ0) is 106. The highest BCUT2D eigenvalue weighted by Gasteiger charge is 2.53. The number of rotatable bonds is 56. The lowest BCUT2D eigenvalue weighted by Gasteiger charge is -2.41. The Bertz CT molecular complexity index is 4580. The molecule has 0 radical (unpaired) electrons. The summed E-state index contributed by atoms with van der Waals surface area (Å²) >= 11 is 5.11. The van der Waals surface area contributed by atoms with Crippen molar-refractivity contribution in [1.82, 2.24) is 39.2 Å². The molecule has 4 bridgehead atoms. The van der Waals surface area contributed by atoms with Crippen LogP contribution in [-0.4, -0.2) is 310 Å². The molecular formula is C109H172ClN8O23P2+. The highest BCUT2D eigenvalue weighted by molar-refractivity contribution is 7.53. The summed E-state index contributed by atoms with van der Waals surface area (Å²) in [4.78, 5) is 205. The number of likely N-dealkylation sites (tertiary alicyclic amines) is 4. The van der Waals surface area contributed by atoms with Crippen LogP contribution in [-0.2, 0) is 108 Å². The van der Waals surface area contributed by atoms with Crippen molar-refractivity contribution in [3.63, 3.8) is 0 Å². The van der Waals surface area contributed by atoms with Crippen LogP contribution in [0, 0.1) is 64.6 Å². The minimum Gasteiger partial charge on any atom is -0.396 e. The minimum absolute atomic E-state index is 0.000935. The van der Waals surface area contributed by atoms with E-state index in [9.17, 15) is 81.2 Å².